The number of fused-ring (bicyclic) bond motifs is 1. The van der Waals surface area contributed by atoms with Gasteiger partial charge in [0.1, 0.15) is 46.9 Å². The van der Waals surface area contributed by atoms with E-state index < -0.39 is 47.0 Å². The minimum atomic E-state index is -1.38. The van der Waals surface area contributed by atoms with E-state index in [0.29, 0.717) is 11.3 Å². The lowest BCUT2D eigenvalue weighted by atomic mass is 9.77. The van der Waals surface area contributed by atoms with Crippen molar-refractivity contribution in [2.75, 3.05) is 11.9 Å². The van der Waals surface area contributed by atoms with Crippen molar-refractivity contribution in [2.24, 2.45) is 0 Å². The molecule has 0 unspecified atom stereocenters. The fraction of sp³-hybridized carbons (Fsp3) is 0.119. The Morgan fingerprint density at radius 2 is 0.818 bits per heavy atom. The monoisotopic (exact) mass is 1010 g/mol. The van der Waals surface area contributed by atoms with E-state index in [-0.39, 0.29) is 12.3 Å². The molecular weight excluding hydrogens is 955 g/mol. The number of hydrogen-bond donors (Lipinski definition) is 3. The van der Waals surface area contributed by atoms with E-state index in [9.17, 15) is 5.11 Å². The van der Waals surface area contributed by atoms with Gasteiger partial charge in [-0.25, -0.2) is 19.3 Å². The summed E-state index contributed by atoms with van der Waals surface area (Å²) in [6.07, 6.45) is -3.51. The number of aliphatic hydroxyl groups is 1. The molecule has 1 fully saturated rings. The predicted molar refractivity (Wildman–Crippen MR) is 300 cm³/mol. The Hall–Kier alpha value is -9.03. The number of benzene rings is 9. The van der Waals surface area contributed by atoms with Crippen LogP contribution in [0.15, 0.2) is 284 Å². The standard InChI is InChI=1S/C67H55N5O5/c73-59-57(46-75-66(51-34-16-4-17-35-51,52-36-18-5-19-37-52)53-38-20-6-21-39-53)76-63(60(59)77-67(54-40-22-7-23-41-54,55-42-24-8-25-43-55)56-44-26-9-27-45-56)72-62-58(70-64(72)74)61(68-47-69-62)71-65(48-28-10-1-11-29-48,49-30-12-2-13-31-49)50-32-14-3-15-33-50/h1-45,47,57,59-60,63,73H,46H2,(H,70,74)(H,68,69,71)/t57-,59-,60-,63-/m1/s1. The van der Waals surface area contributed by atoms with Crippen LogP contribution in [0.5, 0.6) is 0 Å². The maximum absolute atomic E-state index is 15.2. The van der Waals surface area contributed by atoms with Gasteiger partial charge in [-0.15, -0.1) is 0 Å². The Morgan fingerprint density at radius 3 is 1.18 bits per heavy atom. The third-order valence-electron chi connectivity index (χ3n) is 14.9. The van der Waals surface area contributed by atoms with Gasteiger partial charge in [0.15, 0.2) is 17.7 Å². The predicted octanol–water partition coefficient (Wildman–Crippen LogP) is 12.2. The molecular formula is C67H55N5O5. The molecule has 10 nitrogen and oxygen atoms in total. The van der Waals surface area contributed by atoms with Crippen molar-refractivity contribution in [3.05, 3.63) is 340 Å². The Morgan fingerprint density at radius 1 is 0.481 bits per heavy atom. The number of hydrogen-bond acceptors (Lipinski definition) is 8. The molecule has 11 aromatic rings. The average Bonchev–Trinajstić information content (AvgIpc) is 4.08. The SMILES string of the molecule is O=c1[nH]c2c(NC(c3ccccc3)(c3ccccc3)c3ccccc3)ncnc2n1[C@@H]1O[C@H](COC(c2ccccc2)(c2ccccc2)c2ccccc2)[C@@H](O)[C@H]1OC(c1ccccc1)(c1ccccc1)c1ccccc1. The van der Waals surface area contributed by atoms with Crippen molar-refractivity contribution in [2.45, 2.75) is 41.3 Å². The largest absolute Gasteiger partial charge is 0.387 e. The van der Waals surface area contributed by atoms with Crippen LogP contribution < -0.4 is 11.0 Å². The molecule has 1 aliphatic heterocycles. The van der Waals surface area contributed by atoms with E-state index in [1.54, 1.807) is 0 Å². The van der Waals surface area contributed by atoms with E-state index in [4.69, 9.17) is 24.2 Å². The second kappa shape index (κ2) is 21.3. The molecule has 4 atom stereocenters. The van der Waals surface area contributed by atoms with Crippen molar-refractivity contribution in [1.82, 2.24) is 19.5 Å². The Balaban J connectivity index is 1.03. The molecule has 0 radical (unpaired) electrons. The van der Waals surface area contributed by atoms with E-state index in [0.717, 1.165) is 50.1 Å². The maximum atomic E-state index is 15.2. The number of aliphatic hydroxyl groups excluding tert-OH is 1. The van der Waals surface area contributed by atoms with Crippen molar-refractivity contribution >= 4 is 17.0 Å². The normalized spacial score (nSPS) is 16.8. The summed E-state index contributed by atoms with van der Waals surface area (Å²) >= 11 is 0. The van der Waals surface area contributed by atoms with Crippen LogP contribution >= 0.6 is 0 Å². The average molecular weight is 1010 g/mol. The quantitative estimate of drug-likeness (QED) is 0.0771. The molecule has 1 saturated heterocycles. The summed E-state index contributed by atoms with van der Waals surface area (Å²) in [6, 6.07) is 90.6. The fourth-order valence-electron chi connectivity index (χ4n) is 11.3. The first-order chi connectivity index (χ1) is 38.0. The number of aromatic amines is 1. The molecule has 0 spiro atoms. The number of nitrogens with zero attached hydrogens (tertiary/aromatic N) is 3. The number of aromatic nitrogens is 4. The Labute approximate surface area is 446 Å². The second-order valence-electron chi connectivity index (χ2n) is 19.2. The highest BCUT2D eigenvalue weighted by Crippen LogP contribution is 2.48. The first-order valence-electron chi connectivity index (χ1n) is 25.9. The molecule has 10 heteroatoms. The first kappa shape index (κ1) is 48.9. The summed E-state index contributed by atoms with van der Waals surface area (Å²) in [4.78, 5) is 28.1. The van der Waals surface area contributed by atoms with Gasteiger partial charge in [-0.1, -0.05) is 273 Å². The minimum absolute atomic E-state index is 0.127. The number of ether oxygens (including phenoxy) is 3. The van der Waals surface area contributed by atoms with E-state index >= 15 is 4.79 Å². The van der Waals surface area contributed by atoms with Crippen molar-refractivity contribution in [1.29, 1.82) is 0 Å². The van der Waals surface area contributed by atoms with Crippen LogP contribution in [0.4, 0.5) is 5.82 Å². The molecule has 12 rings (SSSR count). The van der Waals surface area contributed by atoms with Gasteiger partial charge in [-0.2, -0.15) is 0 Å². The van der Waals surface area contributed by atoms with Crippen LogP contribution in [0.3, 0.4) is 0 Å². The van der Waals surface area contributed by atoms with Gasteiger partial charge < -0.3 is 29.6 Å². The van der Waals surface area contributed by atoms with Gasteiger partial charge in [-0.05, 0) is 50.1 Å². The molecule has 2 aromatic heterocycles. The highest BCUT2D eigenvalue weighted by Gasteiger charge is 2.53. The van der Waals surface area contributed by atoms with Crippen LogP contribution in [0.25, 0.3) is 11.2 Å². The smallest absolute Gasteiger partial charge is 0.330 e. The molecule has 0 bridgehead atoms. The topological polar surface area (TPSA) is 124 Å². The van der Waals surface area contributed by atoms with E-state index in [1.807, 2.05) is 237 Å². The van der Waals surface area contributed by atoms with Crippen LogP contribution in [0.1, 0.15) is 56.3 Å². The van der Waals surface area contributed by atoms with E-state index in [1.165, 1.54) is 10.9 Å². The van der Waals surface area contributed by atoms with Gasteiger partial charge in [0.05, 0.1) is 6.61 Å². The number of imidazole rings is 1. The number of anilines is 1. The summed E-state index contributed by atoms with van der Waals surface area (Å²) in [5, 5.41) is 17.1. The summed E-state index contributed by atoms with van der Waals surface area (Å²) < 4.78 is 23.8. The van der Waals surface area contributed by atoms with Crippen molar-refractivity contribution in [3.8, 4) is 0 Å². The Bertz CT molecular complexity index is 3440. The van der Waals surface area contributed by atoms with Gasteiger partial charge in [0.25, 0.3) is 0 Å². The molecule has 3 heterocycles. The molecule has 77 heavy (non-hydrogen) atoms. The molecule has 0 aliphatic carbocycles. The third-order valence-corrected chi connectivity index (χ3v) is 14.9. The van der Waals surface area contributed by atoms with Gasteiger partial charge >= 0.3 is 5.69 Å². The van der Waals surface area contributed by atoms with Crippen LogP contribution in [-0.2, 0) is 31.0 Å². The highest BCUT2D eigenvalue weighted by molar-refractivity contribution is 5.84. The molecule has 378 valence electrons. The number of nitrogens with one attached hydrogen (secondary N) is 2. The highest BCUT2D eigenvalue weighted by atomic mass is 16.6. The van der Waals surface area contributed by atoms with Gasteiger partial charge in [-0.3, -0.25) is 0 Å². The molecule has 1 aliphatic rings. The van der Waals surface area contributed by atoms with E-state index in [2.05, 4.69) is 46.7 Å². The third kappa shape index (κ3) is 8.83. The zero-order valence-electron chi connectivity index (χ0n) is 42.0. The summed E-state index contributed by atoms with van der Waals surface area (Å²) in [5.74, 6) is 0.365. The van der Waals surface area contributed by atoms with Crippen LogP contribution in [-0.4, -0.2) is 49.5 Å². The van der Waals surface area contributed by atoms with Crippen LogP contribution in [0, 0.1) is 0 Å². The lowest BCUT2D eigenvalue weighted by molar-refractivity contribution is -0.123. The first-order valence-corrected chi connectivity index (χ1v) is 25.9. The summed E-state index contributed by atoms with van der Waals surface area (Å²) in [5.41, 5.74) is 4.42. The maximum Gasteiger partial charge on any atom is 0.330 e. The molecule has 0 saturated carbocycles. The second-order valence-corrected chi connectivity index (χ2v) is 19.2. The Kier molecular flexibility index (Phi) is 13.5. The number of H-pyrrole nitrogens is 1. The van der Waals surface area contributed by atoms with Crippen molar-refractivity contribution in [3.63, 3.8) is 0 Å². The van der Waals surface area contributed by atoms with Crippen LogP contribution in [0.2, 0.25) is 0 Å². The minimum Gasteiger partial charge on any atom is -0.387 e. The lowest BCUT2D eigenvalue weighted by Gasteiger charge is -2.40. The van der Waals surface area contributed by atoms with Gasteiger partial charge in [0, 0.05) is 0 Å². The van der Waals surface area contributed by atoms with Gasteiger partial charge in [0.2, 0.25) is 0 Å². The number of rotatable bonds is 17. The lowest BCUT2D eigenvalue weighted by Crippen LogP contribution is -2.45. The molecule has 3 N–H and O–H groups in total. The summed E-state index contributed by atoms with van der Waals surface area (Å²) in [7, 11) is 0. The zero-order valence-corrected chi connectivity index (χ0v) is 42.0. The zero-order chi connectivity index (χ0) is 52.1. The van der Waals surface area contributed by atoms with Crippen molar-refractivity contribution < 1.29 is 19.3 Å². The fourth-order valence-corrected chi connectivity index (χ4v) is 11.3. The molecule has 9 aromatic carbocycles. The molecule has 0 amide bonds. The summed E-state index contributed by atoms with van der Waals surface area (Å²) in [6.45, 7) is -0.127.